The van der Waals surface area contributed by atoms with Gasteiger partial charge in [0.1, 0.15) is 0 Å². The van der Waals surface area contributed by atoms with Crippen molar-refractivity contribution in [3.05, 3.63) is 88.2 Å². The second-order valence-electron chi connectivity index (χ2n) is 7.97. The van der Waals surface area contributed by atoms with E-state index in [1.807, 2.05) is 60.7 Å². The number of fused-ring (bicyclic) bond motifs is 1. The van der Waals surface area contributed by atoms with E-state index in [2.05, 4.69) is 26.2 Å². The molecule has 0 aliphatic rings. The van der Waals surface area contributed by atoms with Crippen molar-refractivity contribution < 1.29 is 23.7 Å². The Labute approximate surface area is 223 Å². The van der Waals surface area contributed by atoms with Crippen molar-refractivity contribution in [3.8, 4) is 23.0 Å². The molecule has 0 saturated heterocycles. The Morgan fingerprint density at radius 2 is 1.51 bits per heavy atom. The van der Waals surface area contributed by atoms with Crippen molar-refractivity contribution in [2.24, 2.45) is 0 Å². The molecule has 190 valence electrons. The lowest BCUT2D eigenvalue weighted by Crippen LogP contribution is -1.98. The van der Waals surface area contributed by atoms with E-state index in [0.29, 0.717) is 34.2 Å². The smallest absolute Gasteiger partial charge is 0.203 e. The van der Waals surface area contributed by atoms with Gasteiger partial charge in [-0.2, -0.15) is 0 Å². The Morgan fingerprint density at radius 1 is 0.865 bits per heavy atom. The number of aromatic amines is 1. The molecule has 0 saturated carbocycles. The predicted octanol–water partition coefficient (Wildman–Crippen LogP) is 6.94. The third-order valence-electron chi connectivity index (χ3n) is 5.75. The average Bonchev–Trinajstić information content (AvgIpc) is 3.35. The summed E-state index contributed by atoms with van der Waals surface area (Å²) < 4.78 is 22.6. The number of H-pyrrole nitrogens is 1. The summed E-state index contributed by atoms with van der Waals surface area (Å²) in [7, 11) is 6.33. The van der Waals surface area contributed by atoms with Gasteiger partial charge in [-0.1, -0.05) is 30.4 Å². The molecule has 8 heteroatoms. The summed E-state index contributed by atoms with van der Waals surface area (Å²) in [6.45, 7) is 0. The molecular weight excluding hydrogens is 536 g/mol. The number of ketones is 1. The van der Waals surface area contributed by atoms with Gasteiger partial charge in [-0.15, -0.1) is 0 Å². The first kappa shape index (κ1) is 25.9. The fraction of sp³-hybridized carbons (Fsp3) is 0.138. The maximum Gasteiger partial charge on any atom is 0.203 e. The molecule has 1 aromatic heterocycles. The standard InChI is InChI=1S/C29H27BrN2O5/c1-34-26-15-19(16-27(35-2)29(26)37-4)10-9-18-13-22(30)28(36-3)24(14-18)31-12-11-25(33)21-17-32-23-8-6-5-7-20(21)23/h5-17,31-32H,1-4H3/b10-9+,12-11-. The summed E-state index contributed by atoms with van der Waals surface area (Å²) in [6.07, 6.45) is 8.74. The highest BCUT2D eigenvalue weighted by molar-refractivity contribution is 9.10. The first-order chi connectivity index (χ1) is 18.0. The zero-order valence-corrected chi connectivity index (χ0v) is 22.5. The summed E-state index contributed by atoms with van der Waals surface area (Å²) in [4.78, 5) is 15.9. The Bertz CT molecular complexity index is 1460. The number of aromatic nitrogens is 1. The van der Waals surface area contributed by atoms with Crippen LogP contribution < -0.4 is 24.3 Å². The fourth-order valence-electron chi connectivity index (χ4n) is 3.99. The summed E-state index contributed by atoms with van der Waals surface area (Å²) in [5.74, 6) is 2.19. The van der Waals surface area contributed by atoms with Gasteiger partial charge in [0.2, 0.25) is 5.75 Å². The van der Waals surface area contributed by atoms with Crippen LogP contribution in [0.3, 0.4) is 0 Å². The molecule has 0 bridgehead atoms. The minimum Gasteiger partial charge on any atom is -0.493 e. The van der Waals surface area contributed by atoms with Crippen LogP contribution in [-0.2, 0) is 0 Å². The number of nitrogens with one attached hydrogen (secondary N) is 2. The number of para-hydroxylation sites is 1. The van der Waals surface area contributed by atoms with Crippen molar-refractivity contribution in [2.75, 3.05) is 33.8 Å². The molecule has 0 spiro atoms. The molecule has 0 radical (unpaired) electrons. The van der Waals surface area contributed by atoms with Gasteiger partial charge in [-0.25, -0.2) is 0 Å². The maximum atomic E-state index is 12.8. The Kier molecular flexibility index (Phi) is 8.20. The lowest BCUT2D eigenvalue weighted by Gasteiger charge is -2.13. The molecule has 0 aliphatic heterocycles. The molecule has 0 amide bonds. The van der Waals surface area contributed by atoms with E-state index in [1.54, 1.807) is 40.8 Å². The number of carbonyl (C=O) groups excluding carboxylic acids is 1. The summed E-state index contributed by atoms with van der Waals surface area (Å²) in [5, 5.41) is 4.06. The molecule has 1 heterocycles. The SMILES string of the molecule is COc1cc(/C=C/c2cc(Br)c(OC)c(N/C=C\C(=O)c3c[nH]c4ccccc34)c2)cc(OC)c1OC. The number of halogens is 1. The first-order valence-electron chi connectivity index (χ1n) is 11.4. The topological polar surface area (TPSA) is 81.8 Å². The number of anilines is 1. The summed E-state index contributed by atoms with van der Waals surface area (Å²) in [6, 6.07) is 15.3. The highest BCUT2D eigenvalue weighted by atomic mass is 79.9. The van der Waals surface area contributed by atoms with Crippen molar-refractivity contribution in [1.29, 1.82) is 0 Å². The van der Waals surface area contributed by atoms with Crippen molar-refractivity contribution in [3.63, 3.8) is 0 Å². The zero-order chi connectivity index (χ0) is 26.4. The number of carbonyl (C=O) groups is 1. The van der Waals surface area contributed by atoms with E-state index < -0.39 is 0 Å². The molecule has 4 aromatic rings. The van der Waals surface area contributed by atoms with Crippen LogP contribution in [0.1, 0.15) is 21.5 Å². The normalized spacial score (nSPS) is 11.3. The second-order valence-corrected chi connectivity index (χ2v) is 8.82. The zero-order valence-electron chi connectivity index (χ0n) is 20.9. The number of methoxy groups -OCH3 is 4. The third-order valence-corrected chi connectivity index (χ3v) is 6.34. The van der Waals surface area contributed by atoms with Gasteiger partial charge in [0.15, 0.2) is 23.0 Å². The Morgan fingerprint density at radius 3 is 2.16 bits per heavy atom. The third kappa shape index (κ3) is 5.65. The molecule has 4 rings (SSSR count). The van der Waals surface area contributed by atoms with Crippen molar-refractivity contribution in [1.82, 2.24) is 4.98 Å². The predicted molar refractivity (Wildman–Crippen MR) is 151 cm³/mol. The quantitative estimate of drug-likeness (QED) is 0.124. The lowest BCUT2D eigenvalue weighted by molar-refractivity contribution is 0.104. The maximum absolute atomic E-state index is 12.8. The number of allylic oxidation sites excluding steroid dienone is 1. The molecule has 37 heavy (non-hydrogen) atoms. The molecule has 2 N–H and O–H groups in total. The highest BCUT2D eigenvalue weighted by Gasteiger charge is 2.13. The van der Waals surface area contributed by atoms with Crippen LogP contribution in [0.15, 0.2) is 71.5 Å². The monoisotopic (exact) mass is 562 g/mol. The molecule has 0 atom stereocenters. The minimum atomic E-state index is -0.110. The van der Waals surface area contributed by atoms with Gasteiger partial charge in [0.25, 0.3) is 0 Å². The molecular formula is C29H27BrN2O5. The summed E-state index contributed by atoms with van der Waals surface area (Å²) >= 11 is 3.58. The van der Waals surface area contributed by atoms with E-state index >= 15 is 0 Å². The van der Waals surface area contributed by atoms with Gasteiger partial charge in [0.05, 0.1) is 38.6 Å². The number of hydrogen-bond donors (Lipinski definition) is 2. The van der Waals surface area contributed by atoms with Crippen LogP contribution >= 0.6 is 15.9 Å². The second kappa shape index (κ2) is 11.7. The van der Waals surface area contributed by atoms with Crippen LogP contribution in [0.5, 0.6) is 23.0 Å². The average molecular weight is 563 g/mol. The van der Waals surface area contributed by atoms with Crippen LogP contribution in [0.4, 0.5) is 5.69 Å². The van der Waals surface area contributed by atoms with Crippen molar-refractivity contribution >= 4 is 50.5 Å². The number of benzene rings is 3. The fourth-order valence-corrected chi connectivity index (χ4v) is 4.63. The number of rotatable bonds is 10. The van der Waals surface area contributed by atoms with Gasteiger partial charge in [-0.3, -0.25) is 4.79 Å². The molecule has 0 fully saturated rings. The van der Waals surface area contributed by atoms with E-state index in [0.717, 1.165) is 26.5 Å². The van der Waals surface area contributed by atoms with E-state index in [9.17, 15) is 4.79 Å². The van der Waals surface area contributed by atoms with E-state index in [-0.39, 0.29) is 5.78 Å². The van der Waals surface area contributed by atoms with Crippen molar-refractivity contribution in [2.45, 2.75) is 0 Å². The van der Waals surface area contributed by atoms with E-state index in [1.165, 1.54) is 6.08 Å². The Hall–Kier alpha value is -4.17. The number of ether oxygens (including phenoxy) is 4. The molecule has 0 unspecified atom stereocenters. The van der Waals surface area contributed by atoms with Crippen LogP contribution in [0, 0.1) is 0 Å². The van der Waals surface area contributed by atoms with Gasteiger partial charge in [-0.05, 0) is 57.4 Å². The molecule has 3 aromatic carbocycles. The number of hydrogen-bond acceptors (Lipinski definition) is 6. The molecule has 0 aliphatic carbocycles. The minimum absolute atomic E-state index is 0.110. The van der Waals surface area contributed by atoms with Crippen LogP contribution in [0.25, 0.3) is 23.1 Å². The van der Waals surface area contributed by atoms with E-state index in [4.69, 9.17) is 18.9 Å². The lowest BCUT2D eigenvalue weighted by atomic mass is 10.1. The molecule has 7 nitrogen and oxygen atoms in total. The summed E-state index contributed by atoms with van der Waals surface area (Å²) in [5.41, 5.74) is 4.01. The highest BCUT2D eigenvalue weighted by Crippen LogP contribution is 2.39. The Balaban J connectivity index is 1.57. The largest absolute Gasteiger partial charge is 0.493 e. The van der Waals surface area contributed by atoms with Gasteiger partial charge < -0.3 is 29.2 Å². The van der Waals surface area contributed by atoms with Crippen LogP contribution in [-0.4, -0.2) is 39.2 Å². The first-order valence-corrected chi connectivity index (χ1v) is 12.2. The van der Waals surface area contributed by atoms with Gasteiger partial charge >= 0.3 is 0 Å². The van der Waals surface area contributed by atoms with Crippen LogP contribution in [0.2, 0.25) is 0 Å². The van der Waals surface area contributed by atoms with Gasteiger partial charge in [0, 0.05) is 34.9 Å².